The SMILES string of the molecule is CCCCC(CCC)OO. The molecular weight excluding hydrogens is 128 g/mol. The van der Waals surface area contributed by atoms with Gasteiger partial charge in [-0.05, 0) is 12.8 Å². The molecule has 10 heavy (non-hydrogen) atoms. The molecule has 0 spiro atoms. The zero-order valence-corrected chi connectivity index (χ0v) is 6.97. The van der Waals surface area contributed by atoms with E-state index in [9.17, 15) is 0 Å². The van der Waals surface area contributed by atoms with Crippen molar-refractivity contribution in [3.8, 4) is 0 Å². The van der Waals surface area contributed by atoms with Crippen LogP contribution in [-0.2, 0) is 4.89 Å². The molecule has 0 amide bonds. The Balaban J connectivity index is 3.21. The Hall–Kier alpha value is -0.0800. The molecule has 1 unspecified atom stereocenters. The zero-order valence-electron chi connectivity index (χ0n) is 6.97. The van der Waals surface area contributed by atoms with E-state index in [1.807, 2.05) is 0 Å². The molecule has 2 nitrogen and oxygen atoms in total. The molecule has 0 saturated heterocycles. The Morgan fingerprint density at radius 2 is 1.90 bits per heavy atom. The van der Waals surface area contributed by atoms with Gasteiger partial charge < -0.3 is 0 Å². The molecule has 1 atom stereocenters. The summed E-state index contributed by atoms with van der Waals surface area (Å²) in [5, 5.41) is 8.38. The van der Waals surface area contributed by atoms with E-state index in [1.54, 1.807) is 0 Å². The second kappa shape index (κ2) is 7.03. The van der Waals surface area contributed by atoms with Crippen molar-refractivity contribution in [3.05, 3.63) is 0 Å². The maximum Gasteiger partial charge on any atom is 0.0927 e. The van der Waals surface area contributed by atoms with Gasteiger partial charge in [-0.25, -0.2) is 4.89 Å². The Morgan fingerprint density at radius 1 is 1.20 bits per heavy atom. The lowest BCUT2D eigenvalue weighted by molar-refractivity contribution is -0.281. The molecule has 0 aliphatic rings. The molecule has 0 aliphatic heterocycles. The minimum atomic E-state index is 0.0740. The van der Waals surface area contributed by atoms with Crippen LogP contribution in [0.15, 0.2) is 0 Å². The quantitative estimate of drug-likeness (QED) is 0.461. The lowest BCUT2D eigenvalue weighted by Crippen LogP contribution is -2.09. The van der Waals surface area contributed by atoms with Crippen molar-refractivity contribution in [2.24, 2.45) is 0 Å². The van der Waals surface area contributed by atoms with E-state index in [-0.39, 0.29) is 6.10 Å². The van der Waals surface area contributed by atoms with Gasteiger partial charge in [0.25, 0.3) is 0 Å². The third kappa shape index (κ3) is 4.77. The highest BCUT2D eigenvalue weighted by molar-refractivity contribution is 4.54. The first-order valence-electron chi connectivity index (χ1n) is 4.15. The maximum absolute atomic E-state index is 8.38. The average Bonchev–Trinajstić information content (AvgIpc) is 1.98. The lowest BCUT2D eigenvalue weighted by Gasteiger charge is -2.10. The minimum absolute atomic E-state index is 0.0740. The molecule has 1 N–H and O–H groups in total. The molecule has 0 aromatic rings. The minimum Gasteiger partial charge on any atom is -0.252 e. The smallest absolute Gasteiger partial charge is 0.0927 e. The van der Waals surface area contributed by atoms with E-state index in [0.29, 0.717) is 0 Å². The molecule has 0 bridgehead atoms. The fraction of sp³-hybridized carbons (Fsp3) is 1.00. The highest BCUT2D eigenvalue weighted by Gasteiger charge is 2.05. The fourth-order valence-electron chi connectivity index (χ4n) is 1.00. The van der Waals surface area contributed by atoms with Gasteiger partial charge in [0.05, 0.1) is 6.10 Å². The second-order valence-electron chi connectivity index (χ2n) is 2.66. The summed E-state index contributed by atoms with van der Waals surface area (Å²) in [4.78, 5) is 4.29. The van der Waals surface area contributed by atoms with Crippen LogP contribution in [0.1, 0.15) is 46.0 Å². The first-order valence-corrected chi connectivity index (χ1v) is 4.15. The molecule has 0 rings (SSSR count). The van der Waals surface area contributed by atoms with Crippen LogP contribution in [0.25, 0.3) is 0 Å². The first-order chi connectivity index (χ1) is 4.85. The summed E-state index contributed by atoms with van der Waals surface area (Å²) < 4.78 is 0. The third-order valence-electron chi connectivity index (χ3n) is 1.64. The average molecular weight is 146 g/mol. The summed E-state index contributed by atoms with van der Waals surface area (Å²) in [6, 6.07) is 0. The van der Waals surface area contributed by atoms with Gasteiger partial charge in [0.2, 0.25) is 0 Å². The largest absolute Gasteiger partial charge is 0.252 e. The van der Waals surface area contributed by atoms with Gasteiger partial charge in [-0.1, -0.05) is 33.1 Å². The first kappa shape index (κ1) is 9.92. The molecule has 2 heteroatoms. The summed E-state index contributed by atoms with van der Waals surface area (Å²) >= 11 is 0. The van der Waals surface area contributed by atoms with E-state index in [1.165, 1.54) is 6.42 Å². The van der Waals surface area contributed by atoms with Crippen LogP contribution < -0.4 is 0 Å². The Bertz CT molecular complexity index is 64.3. The molecular formula is C8H18O2. The number of unbranched alkanes of at least 4 members (excludes halogenated alkanes) is 1. The highest BCUT2D eigenvalue weighted by atomic mass is 17.1. The van der Waals surface area contributed by atoms with Crippen molar-refractivity contribution in [2.45, 2.75) is 52.1 Å². The van der Waals surface area contributed by atoms with Crippen LogP contribution in [0.4, 0.5) is 0 Å². The van der Waals surface area contributed by atoms with Gasteiger partial charge in [0.1, 0.15) is 0 Å². The second-order valence-corrected chi connectivity index (χ2v) is 2.66. The third-order valence-corrected chi connectivity index (χ3v) is 1.64. The topological polar surface area (TPSA) is 29.5 Å². The van der Waals surface area contributed by atoms with Crippen molar-refractivity contribution < 1.29 is 10.1 Å². The van der Waals surface area contributed by atoms with Gasteiger partial charge in [0.15, 0.2) is 0 Å². The Labute approximate surface area is 63.1 Å². The predicted octanol–water partition coefficient (Wildman–Crippen LogP) is 2.83. The van der Waals surface area contributed by atoms with Crippen LogP contribution in [0, 0.1) is 0 Å². The summed E-state index contributed by atoms with van der Waals surface area (Å²) in [5.41, 5.74) is 0. The number of hydrogen-bond acceptors (Lipinski definition) is 2. The molecule has 0 saturated carbocycles. The predicted molar refractivity (Wildman–Crippen MR) is 41.9 cm³/mol. The van der Waals surface area contributed by atoms with E-state index in [0.717, 1.165) is 25.7 Å². The Kier molecular flexibility index (Phi) is 6.98. The fourth-order valence-corrected chi connectivity index (χ4v) is 1.00. The number of rotatable bonds is 6. The molecule has 0 aromatic heterocycles. The Morgan fingerprint density at radius 3 is 2.30 bits per heavy atom. The molecule has 62 valence electrons. The van der Waals surface area contributed by atoms with Gasteiger partial charge in [-0.3, -0.25) is 5.26 Å². The lowest BCUT2D eigenvalue weighted by atomic mass is 10.1. The normalized spacial score (nSPS) is 13.5. The zero-order chi connectivity index (χ0) is 7.82. The van der Waals surface area contributed by atoms with Gasteiger partial charge in [-0.15, -0.1) is 0 Å². The summed E-state index contributed by atoms with van der Waals surface area (Å²) in [7, 11) is 0. The summed E-state index contributed by atoms with van der Waals surface area (Å²) in [6.07, 6.45) is 5.42. The molecule has 0 aliphatic carbocycles. The van der Waals surface area contributed by atoms with Crippen molar-refractivity contribution in [1.29, 1.82) is 0 Å². The van der Waals surface area contributed by atoms with E-state index in [4.69, 9.17) is 5.26 Å². The standard InChI is InChI=1S/C8H18O2/c1-3-5-7-8(10-9)6-4-2/h8-9H,3-7H2,1-2H3. The molecule has 0 heterocycles. The van der Waals surface area contributed by atoms with Crippen molar-refractivity contribution in [3.63, 3.8) is 0 Å². The van der Waals surface area contributed by atoms with Gasteiger partial charge in [0, 0.05) is 0 Å². The molecule has 0 aromatic carbocycles. The maximum atomic E-state index is 8.38. The van der Waals surface area contributed by atoms with Crippen LogP contribution in [0.3, 0.4) is 0 Å². The van der Waals surface area contributed by atoms with Crippen molar-refractivity contribution in [1.82, 2.24) is 0 Å². The van der Waals surface area contributed by atoms with Crippen LogP contribution in [0.2, 0.25) is 0 Å². The number of hydrogen-bond donors (Lipinski definition) is 1. The monoisotopic (exact) mass is 146 g/mol. The summed E-state index contributed by atoms with van der Waals surface area (Å²) in [5.74, 6) is 0. The van der Waals surface area contributed by atoms with E-state index >= 15 is 0 Å². The van der Waals surface area contributed by atoms with Gasteiger partial charge >= 0.3 is 0 Å². The van der Waals surface area contributed by atoms with Gasteiger partial charge in [-0.2, -0.15) is 0 Å². The van der Waals surface area contributed by atoms with E-state index < -0.39 is 0 Å². The van der Waals surface area contributed by atoms with Crippen LogP contribution in [0.5, 0.6) is 0 Å². The molecule has 0 fully saturated rings. The molecule has 0 radical (unpaired) electrons. The highest BCUT2D eigenvalue weighted by Crippen LogP contribution is 2.08. The van der Waals surface area contributed by atoms with Crippen molar-refractivity contribution in [2.75, 3.05) is 0 Å². The summed E-state index contributed by atoms with van der Waals surface area (Å²) in [6.45, 7) is 4.23. The van der Waals surface area contributed by atoms with Crippen LogP contribution in [-0.4, -0.2) is 11.4 Å². The van der Waals surface area contributed by atoms with Crippen molar-refractivity contribution >= 4 is 0 Å². The van der Waals surface area contributed by atoms with Crippen LogP contribution >= 0.6 is 0 Å². The van der Waals surface area contributed by atoms with E-state index in [2.05, 4.69) is 18.7 Å².